The Balaban J connectivity index is 2.07. The van der Waals surface area contributed by atoms with Crippen LogP contribution < -0.4 is 0 Å². The van der Waals surface area contributed by atoms with Crippen molar-refractivity contribution in [1.82, 2.24) is 9.97 Å². The van der Waals surface area contributed by atoms with Crippen LogP contribution in [0.15, 0.2) is 30.9 Å². The van der Waals surface area contributed by atoms with Crippen molar-refractivity contribution in [3.8, 4) is 0 Å². The third kappa shape index (κ3) is 1.94. The molecule has 0 aliphatic heterocycles. The monoisotopic (exact) mass is 174 g/mol. The molecule has 0 unspecified atom stereocenters. The van der Waals surface area contributed by atoms with E-state index in [1.165, 1.54) is 36.8 Å². The Kier molecular flexibility index (Phi) is 2.39. The second-order valence-electron chi connectivity index (χ2n) is 3.70. The van der Waals surface area contributed by atoms with Gasteiger partial charge in [-0.05, 0) is 37.2 Å². The molecule has 0 saturated heterocycles. The molecule has 0 atom stereocenters. The van der Waals surface area contributed by atoms with E-state index in [1.807, 2.05) is 12.4 Å². The smallest absolute Gasteiger partial charge is 0.115 e. The Labute approximate surface area is 78.7 Å². The molecule has 0 radical (unpaired) electrons. The number of allylic oxidation sites excluding steroid dienone is 1. The molecule has 0 amide bonds. The van der Waals surface area contributed by atoms with E-state index in [0.717, 1.165) is 0 Å². The van der Waals surface area contributed by atoms with Gasteiger partial charge in [0.15, 0.2) is 0 Å². The maximum Gasteiger partial charge on any atom is 0.115 e. The van der Waals surface area contributed by atoms with Crippen molar-refractivity contribution in [2.24, 2.45) is 0 Å². The third-order valence-corrected chi connectivity index (χ3v) is 2.74. The SMILES string of the molecule is C=C1CCC(c2cncnc2)CC1. The molecule has 1 heterocycles. The largest absolute Gasteiger partial charge is 0.245 e. The highest BCUT2D eigenvalue weighted by molar-refractivity contribution is 5.14. The molecule has 0 spiro atoms. The molecule has 2 nitrogen and oxygen atoms in total. The first kappa shape index (κ1) is 8.42. The van der Waals surface area contributed by atoms with E-state index in [1.54, 1.807) is 6.33 Å². The molecule has 0 N–H and O–H groups in total. The summed E-state index contributed by atoms with van der Waals surface area (Å²) in [5.41, 5.74) is 2.68. The molecule has 2 rings (SSSR count). The van der Waals surface area contributed by atoms with E-state index in [-0.39, 0.29) is 0 Å². The molecule has 1 saturated carbocycles. The normalized spacial score (nSPS) is 18.9. The third-order valence-electron chi connectivity index (χ3n) is 2.74. The van der Waals surface area contributed by atoms with Gasteiger partial charge in [0, 0.05) is 12.4 Å². The van der Waals surface area contributed by atoms with Crippen molar-refractivity contribution in [3.63, 3.8) is 0 Å². The molecular formula is C11H14N2. The van der Waals surface area contributed by atoms with Gasteiger partial charge in [0.25, 0.3) is 0 Å². The van der Waals surface area contributed by atoms with Gasteiger partial charge in [-0.1, -0.05) is 12.2 Å². The summed E-state index contributed by atoms with van der Waals surface area (Å²) in [7, 11) is 0. The molecule has 1 aromatic heterocycles. The zero-order chi connectivity index (χ0) is 9.10. The van der Waals surface area contributed by atoms with Crippen LogP contribution in [0.5, 0.6) is 0 Å². The van der Waals surface area contributed by atoms with Gasteiger partial charge in [0.1, 0.15) is 6.33 Å². The average Bonchev–Trinajstić information content (AvgIpc) is 2.20. The standard InChI is InChI=1S/C11H14N2/c1-9-2-4-10(5-3-9)11-6-12-8-13-7-11/h6-8,10H,1-5H2. The van der Waals surface area contributed by atoms with Crippen molar-refractivity contribution in [3.05, 3.63) is 36.4 Å². The summed E-state index contributed by atoms with van der Waals surface area (Å²) in [6, 6.07) is 0. The Hall–Kier alpha value is -1.18. The van der Waals surface area contributed by atoms with E-state index in [9.17, 15) is 0 Å². The van der Waals surface area contributed by atoms with Crippen LogP contribution in [0.3, 0.4) is 0 Å². The fraction of sp³-hybridized carbons (Fsp3) is 0.455. The van der Waals surface area contributed by atoms with Gasteiger partial charge in [-0.2, -0.15) is 0 Å². The molecule has 1 aliphatic carbocycles. The first-order chi connectivity index (χ1) is 6.36. The number of hydrogen-bond acceptors (Lipinski definition) is 2. The molecule has 13 heavy (non-hydrogen) atoms. The highest BCUT2D eigenvalue weighted by atomic mass is 14.8. The van der Waals surface area contributed by atoms with Crippen molar-refractivity contribution in [1.29, 1.82) is 0 Å². The van der Waals surface area contributed by atoms with Gasteiger partial charge in [0.05, 0.1) is 0 Å². The van der Waals surface area contributed by atoms with E-state index < -0.39 is 0 Å². The molecule has 0 bridgehead atoms. The zero-order valence-electron chi connectivity index (χ0n) is 7.74. The lowest BCUT2D eigenvalue weighted by atomic mass is 9.83. The summed E-state index contributed by atoms with van der Waals surface area (Å²) in [6.45, 7) is 4.01. The van der Waals surface area contributed by atoms with Crippen molar-refractivity contribution >= 4 is 0 Å². The molecule has 1 fully saturated rings. The van der Waals surface area contributed by atoms with E-state index in [2.05, 4.69) is 16.5 Å². The van der Waals surface area contributed by atoms with Crippen LogP contribution in [-0.4, -0.2) is 9.97 Å². The van der Waals surface area contributed by atoms with Gasteiger partial charge in [-0.25, -0.2) is 9.97 Å². The lowest BCUT2D eigenvalue weighted by Crippen LogP contribution is -2.06. The lowest BCUT2D eigenvalue weighted by Gasteiger charge is -2.22. The van der Waals surface area contributed by atoms with Crippen LogP contribution in [0, 0.1) is 0 Å². The summed E-state index contributed by atoms with van der Waals surface area (Å²) in [5.74, 6) is 0.659. The van der Waals surface area contributed by atoms with E-state index in [4.69, 9.17) is 0 Å². The van der Waals surface area contributed by atoms with Crippen molar-refractivity contribution in [2.75, 3.05) is 0 Å². The molecule has 2 heteroatoms. The van der Waals surface area contributed by atoms with Crippen LogP contribution in [0.4, 0.5) is 0 Å². The number of nitrogens with zero attached hydrogens (tertiary/aromatic N) is 2. The minimum atomic E-state index is 0.659. The van der Waals surface area contributed by atoms with Crippen molar-refractivity contribution in [2.45, 2.75) is 31.6 Å². The number of hydrogen-bond donors (Lipinski definition) is 0. The summed E-state index contributed by atoms with van der Waals surface area (Å²) in [6.07, 6.45) is 10.2. The Bertz CT molecular complexity index is 282. The number of rotatable bonds is 1. The first-order valence-electron chi connectivity index (χ1n) is 4.78. The van der Waals surface area contributed by atoms with E-state index in [0.29, 0.717) is 5.92 Å². The predicted octanol–water partition coefficient (Wildman–Crippen LogP) is 2.69. The van der Waals surface area contributed by atoms with Crippen LogP contribution >= 0.6 is 0 Å². The van der Waals surface area contributed by atoms with Gasteiger partial charge in [0.2, 0.25) is 0 Å². The molecule has 0 aromatic carbocycles. The van der Waals surface area contributed by atoms with E-state index >= 15 is 0 Å². The second kappa shape index (κ2) is 3.69. The molecule has 1 aliphatic rings. The average molecular weight is 174 g/mol. The molecular weight excluding hydrogens is 160 g/mol. The Morgan fingerprint density at radius 2 is 1.77 bits per heavy atom. The minimum absolute atomic E-state index is 0.659. The first-order valence-corrected chi connectivity index (χ1v) is 4.78. The summed E-state index contributed by atoms with van der Waals surface area (Å²) in [5, 5.41) is 0. The van der Waals surface area contributed by atoms with Crippen LogP contribution in [0.1, 0.15) is 37.2 Å². The van der Waals surface area contributed by atoms with Crippen LogP contribution in [0.2, 0.25) is 0 Å². The van der Waals surface area contributed by atoms with Crippen molar-refractivity contribution < 1.29 is 0 Å². The van der Waals surface area contributed by atoms with Gasteiger partial charge >= 0.3 is 0 Å². The van der Waals surface area contributed by atoms with Crippen LogP contribution in [-0.2, 0) is 0 Å². The summed E-state index contributed by atoms with van der Waals surface area (Å²) < 4.78 is 0. The summed E-state index contributed by atoms with van der Waals surface area (Å²) >= 11 is 0. The van der Waals surface area contributed by atoms with Gasteiger partial charge < -0.3 is 0 Å². The highest BCUT2D eigenvalue weighted by Crippen LogP contribution is 2.33. The van der Waals surface area contributed by atoms with Gasteiger partial charge in [-0.3, -0.25) is 0 Å². The Morgan fingerprint density at radius 3 is 2.38 bits per heavy atom. The maximum absolute atomic E-state index is 4.05. The Morgan fingerprint density at radius 1 is 1.15 bits per heavy atom. The maximum atomic E-state index is 4.05. The van der Waals surface area contributed by atoms with Gasteiger partial charge in [-0.15, -0.1) is 0 Å². The molecule has 1 aromatic rings. The zero-order valence-corrected chi connectivity index (χ0v) is 7.74. The highest BCUT2D eigenvalue weighted by Gasteiger charge is 2.17. The number of aromatic nitrogens is 2. The predicted molar refractivity (Wildman–Crippen MR) is 52.4 cm³/mol. The van der Waals surface area contributed by atoms with Crippen LogP contribution in [0.25, 0.3) is 0 Å². The quantitative estimate of drug-likeness (QED) is 0.612. The minimum Gasteiger partial charge on any atom is -0.245 e. The molecule has 68 valence electrons. The second-order valence-corrected chi connectivity index (χ2v) is 3.70. The fourth-order valence-corrected chi connectivity index (χ4v) is 1.88. The fourth-order valence-electron chi connectivity index (χ4n) is 1.88. The lowest BCUT2D eigenvalue weighted by molar-refractivity contribution is 0.515. The summed E-state index contributed by atoms with van der Waals surface area (Å²) in [4.78, 5) is 8.09. The topological polar surface area (TPSA) is 25.8 Å².